The number of amides is 1. The molecule has 0 aromatic rings. The minimum atomic E-state index is -0.753. The summed E-state index contributed by atoms with van der Waals surface area (Å²) in [5, 5.41) is 0. The van der Waals surface area contributed by atoms with Crippen molar-refractivity contribution in [2.75, 3.05) is 13.1 Å². The Hall–Kier alpha value is -0.610. The van der Waals surface area contributed by atoms with E-state index in [0.29, 0.717) is 0 Å². The molecule has 2 N–H and O–H groups in total. The van der Waals surface area contributed by atoms with Gasteiger partial charge in [-0.3, -0.25) is 4.79 Å². The maximum atomic E-state index is 11.9. The lowest BCUT2D eigenvalue weighted by atomic mass is 10.0. The van der Waals surface area contributed by atoms with Gasteiger partial charge >= 0.3 is 0 Å². The molecule has 2 aliphatic heterocycles. The molecule has 2 rings (SSSR count). The van der Waals surface area contributed by atoms with Crippen molar-refractivity contribution in [2.45, 2.75) is 44.4 Å². The third-order valence-corrected chi connectivity index (χ3v) is 2.88. The molecule has 2 unspecified atom stereocenters. The first kappa shape index (κ1) is 9.93. The van der Waals surface area contributed by atoms with E-state index in [9.17, 15) is 4.79 Å². The molecule has 0 aliphatic carbocycles. The molecule has 2 bridgehead atoms. The standard InChI is InChI=1S/C10H18N2O2/c1-10(2,11)9(13)12-5-7-3-4-8(6-12)14-7/h7-8H,3-6,11H2,1-2H3. The Morgan fingerprint density at radius 2 is 1.86 bits per heavy atom. The normalized spacial score (nSPS) is 32.1. The number of nitrogens with two attached hydrogens (primary N) is 1. The first-order chi connectivity index (χ1) is 6.47. The van der Waals surface area contributed by atoms with Crippen molar-refractivity contribution >= 4 is 5.91 Å². The highest BCUT2D eigenvalue weighted by Gasteiger charge is 2.38. The first-order valence-electron chi connectivity index (χ1n) is 5.20. The summed E-state index contributed by atoms with van der Waals surface area (Å²) in [4.78, 5) is 13.7. The number of carbonyl (C=O) groups is 1. The second kappa shape index (κ2) is 3.21. The molecule has 0 spiro atoms. The molecule has 1 amide bonds. The zero-order chi connectivity index (χ0) is 10.3. The van der Waals surface area contributed by atoms with E-state index < -0.39 is 5.54 Å². The van der Waals surface area contributed by atoms with Gasteiger partial charge in [-0.1, -0.05) is 0 Å². The van der Waals surface area contributed by atoms with E-state index in [4.69, 9.17) is 10.5 Å². The van der Waals surface area contributed by atoms with Gasteiger partial charge in [0.1, 0.15) is 0 Å². The molecule has 4 nitrogen and oxygen atoms in total. The van der Waals surface area contributed by atoms with Gasteiger partial charge in [-0.15, -0.1) is 0 Å². The second-order valence-electron chi connectivity index (χ2n) is 4.89. The lowest BCUT2D eigenvalue weighted by molar-refractivity contribution is -0.144. The summed E-state index contributed by atoms with van der Waals surface area (Å²) < 4.78 is 5.66. The molecule has 2 heterocycles. The van der Waals surface area contributed by atoms with Crippen molar-refractivity contribution in [1.29, 1.82) is 0 Å². The van der Waals surface area contributed by atoms with Gasteiger partial charge in [-0.05, 0) is 26.7 Å². The number of likely N-dealkylation sites (tertiary alicyclic amines) is 1. The molecule has 80 valence electrons. The van der Waals surface area contributed by atoms with Crippen LogP contribution in [0, 0.1) is 0 Å². The highest BCUT2D eigenvalue weighted by Crippen LogP contribution is 2.27. The zero-order valence-electron chi connectivity index (χ0n) is 8.82. The summed E-state index contributed by atoms with van der Waals surface area (Å²) >= 11 is 0. The average molecular weight is 198 g/mol. The smallest absolute Gasteiger partial charge is 0.242 e. The van der Waals surface area contributed by atoms with E-state index in [-0.39, 0.29) is 18.1 Å². The topological polar surface area (TPSA) is 55.6 Å². The number of hydrogen-bond donors (Lipinski definition) is 1. The predicted molar refractivity (Wildman–Crippen MR) is 52.7 cm³/mol. The van der Waals surface area contributed by atoms with Crippen LogP contribution >= 0.6 is 0 Å². The van der Waals surface area contributed by atoms with Crippen LogP contribution < -0.4 is 5.73 Å². The van der Waals surface area contributed by atoms with E-state index in [1.54, 1.807) is 13.8 Å². The Bertz CT molecular complexity index is 235. The SMILES string of the molecule is CC(C)(N)C(=O)N1CC2CCC(C1)O2. The number of nitrogens with zero attached hydrogens (tertiary/aromatic N) is 1. The molecule has 0 aromatic carbocycles. The van der Waals surface area contributed by atoms with Crippen molar-refractivity contribution in [3.63, 3.8) is 0 Å². The van der Waals surface area contributed by atoms with Crippen LogP contribution in [-0.4, -0.2) is 41.6 Å². The minimum Gasteiger partial charge on any atom is -0.371 e. The summed E-state index contributed by atoms with van der Waals surface area (Å²) in [6.45, 7) is 4.95. The van der Waals surface area contributed by atoms with Gasteiger partial charge in [0.2, 0.25) is 5.91 Å². The van der Waals surface area contributed by atoms with Crippen molar-refractivity contribution in [3.8, 4) is 0 Å². The second-order valence-corrected chi connectivity index (χ2v) is 4.89. The van der Waals surface area contributed by atoms with Crippen LogP contribution in [-0.2, 0) is 9.53 Å². The molecule has 2 atom stereocenters. The van der Waals surface area contributed by atoms with E-state index in [1.165, 1.54) is 0 Å². The van der Waals surface area contributed by atoms with Gasteiger partial charge in [0, 0.05) is 13.1 Å². The first-order valence-corrected chi connectivity index (χ1v) is 5.20. The minimum absolute atomic E-state index is 0.0395. The Balaban J connectivity index is 2.03. The lowest BCUT2D eigenvalue weighted by Gasteiger charge is -2.35. The Kier molecular flexibility index (Phi) is 2.27. The highest BCUT2D eigenvalue weighted by molar-refractivity contribution is 5.85. The fraction of sp³-hybridized carbons (Fsp3) is 0.900. The Labute approximate surface area is 84.4 Å². The zero-order valence-corrected chi connectivity index (χ0v) is 8.82. The molecule has 2 fully saturated rings. The third-order valence-electron chi connectivity index (χ3n) is 2.88. The predicted octanol–water partition coefficient (Wildman–Crippen LogP) is 0.113. The summed E-state index contributed by atoms with van der Waals surface area (Å²) in [7, 11) is 0. The molecule has 4 heteroatoms. The number of ether oxygens (including phenoxy) is 1. The number of morpholine rings is 1. The van der Waals surface area contributed by atoms with E-state index in [0.717, 1.165) is 25.9 Å². The molecule has 2 aliphatic rings. The van der Waals surface area contributed by atoms with Crippen LogP contribution in [0.4, 0.5) is 0 Å². The third kappa shape index (κ3) is 1.77. The van der Waals surface area contributed by atoms with E-state index >= 15 is 0 Å². The average Bonchev–Trinajstić information content (AvgIpc) is 2.42. The van der Waals surface area contributed by atoms with E-state index in [1.807, 2.05) is 4.90 Å². The monoisotopic (exact) mass is 198 g/mol. The highest BCUT2D eigenvalue weighted by atomic mass is 16.5. The van der Waals surface area contributed by atoms with Crippen LogP contribution in [0.25, 0.3) is 0 Å². The molecule has 0 saturated carbocycles. The Morgan fingerprint density at radius 3 is 2.29 bits per heavy atom. The quantitative estimate of drug-likeness (QED) is 0.651. The molecule has 0 radical (unpaired) electrons. The number of fused-ring (bicyclic) bond motifs is 2. The maximum Gasteiger partial charge on any atom is 0.242 e. The summed E-state index contributed by atoms with van der Waals surface area (Å²) in [5.74, 6) is 0.0395. The number of carbonyl (C=O) groups excluding carboxylic acids is 1. The molecule has 14 heavy (non-hydrogen) atoms. The lowest BCUT2D eigenvalue weighted by Crippen LogP contribution is -2.56. The van der Waals surface area contributed by atoms with Gasteiger partial charge in [0.15, 0.2) is 0 Å². The van der Waals surface area contributed by atoms with Crippen molar-refractivity contribution < 1.29 is 9.53 Å². The van der Waals surface area contributed by atoms with Crippen LogP contribution in [0.15, 0.2) is 0 Å². The van der Waals surface area contributed by atoms with Crippen molar-refractivity contribution in [1.82, 2.24) is 4.90 Å². The van der Waals surface area contributed by atoms with Crippen LogP contribution in [0.3, 0.4) is 0 Å². The largest absolute Gasteiger partial charge is 0.371 e. The summed E-state index contributed by atoms with van der Waals surface area (Å²) in [6, 6.07) is 0. The summed E-state index contributed by atoms with van der Waals surface area (Å²) in [6.07, 6.45) is 2.67. The molecular weight excluding hydrogens is 180 g/mol. The Morgan fingerprint density at radius 1 is 1.36 bits per heavy atom. The van der Waals surface area contributed by atoms with Gasteiger partial charge in [0.25, 0.3) is 0 Å². The maximum absolute atomic E-state index is 11.9. The van der Waals surface area contributed by atoms with Gasteiger partial charge in [-0.2, -0.15) is 0 Å². The van der Waals surface area contributed by atoms with Gasteiger partial charge < -0.3 is 15.4 Å². The number of rotatable bonds is 1. The molecular formula is C10H18N2O2. The molecule has 0 aromatic heterocycles. The fourth-order valence-electron chi connectivity index (χ4n) is 2.19. The van der Waals surface area contributed by atoms with Crippen LogP contribution in [0.2, 0.25) is 0 Å². The van der Waals surface area contributed by atoms with Gasteiger partial charge in [0.05, 0.1) is 17.7 Å². The van der Waals surface area contributed by atoms with E-state index in [2.05, 4.69) is 0 Å². The van der Waals surface area contributed by atoms with Crippen molar-refractivity contribution in [2.24, 2.45) is 5.73 Å². The number of hydrogen-bond acceptors (Lipinski definition) is 3. The van der Waals surface area contributed by atoms with Crippen molar-refractivity contribution in [3.05, 3.63) is 0 Å². The van der Waals surface area contributed by atoms with Crippen LogP contribution in [0.1, 0.15) is 26.7 Å². The van der Waals surface area contributed by atoms with Gasteiger partial charge in [-0.25, -0.2) is 0 Å². The fourth-order valence-corrected chi connectivity index (χ4v) is 2.19. The molecule has 2 saturated heterocycles. The summed E-state index contributed by atoms with van der Waals surface area (Å²) in [5.41, 5.74) is 5.04. The van der Waals surface area contributed by atoms with Crippen LogP contribution in [0.5, 0.6) is 0 Å².